The molecule has 0 heterocycles. The lowest BCUT2D eigenvalue weighted by molar-refractivity contribution is -0.139. The molecule has 1 fully saturated rings. The van der Waals surface area contributed by atoms with Crippen LogP contribution in [0.2, 0.25) is 0 Å². The van der Waals surface area contributed by atoms with E-state index in [4.69, 9.17) is 10.8 Å². The molecule has 3 unspecified atom stereocenters. The van der Waals surface area contributed by atoms with E-state index in [1.54, 1.807) is 0 Å². The van der Waals surface area contributed by atoms with E-state index in [-0.39, 0.29) is 5.92 Å². The Labute approximate surface area is 166 Å². The highest BCUT2D eigenvalue weighted by Gasteiger charge is 2.37. The smallest absolute Gasteiger partial charge is 0.320 e. The molecule has 1 aliphatic carbocycles. The largest absolute Gasteiger partial charge is 0.480 e. The molecule has 27 heavy (non-hydrogen) atoms. The van der Waals surface area contributed by atoms with Crippen molar-refractivity contribution in [2.45, 2.75) is 122 Å². The maximum Gasteiger partial charge on any atom is 0.320 e. The minimum atomic E-state index is -0.927. The highest BCUT2D eigenvalue weighted by molar-refractivity contribution is 5.87. The molecular weight excluding hydrogens is 338 g/mol. The van der Waals surface area contributed by atoms with Crippen LogP contribution in [-0.2, 0) is 9.59 Å². The van der Waals surface area contributed by atoms with Crippen molar-refractivity contribution in [1.82, 2.24) is 0 Å². The van der Waals surface area contributed by atoms with Crippen LogP contribution in [0.15, 0.2) is 0 Å². The van der Waals surface area contributed by atoms with Crippen molar-refractivity contribution in [1.29, 1.82) is 0 Å². The Bertz CT molecular complexity index is 410. The number of carbonyl (C=O) groups is 2. The predicted octanol–water partition coefficient (Wildman–Crippen LogP) is 5.87. The third kappa shape index (κ3) is 10.9. The minimum Gasteiger partial charge on any atom is -0.480 e. The Morgan fingerprint density at radius 2 is 1.44 bits per heavy atom. The second kappa shape index (κ2) is 15.1. The first-order valence-corrected chi connectivity index (χ1v) is 11.6. The number of rotatable bonds is 18. The summed E-state index contributed by atoms with van der Waals surface area (Å²) in [6.07, 6.45) is 20.1. The standard InChI is InChI=1S/C23H43NO3/c1-2-3-4-5-6-7-8-9-10-11-12-15-19-18-22(25)20(19)16-13-14-17-21(24)23(26)27/h19-21H,2-18,24H2,1H3,(H,26,27). The monoisotopic (exact) mass is 381 g/mol. The van der Waals surface area contributed by atoms with Gasteiger partial charge in [-0.2, -0.15) is 0 Å². The van der Waals surface area contributed by atoms with E-state index in [9.17, 15) is 9.59 Å². The number of aliphatic carboxylic acids is 1. The molecule has 158 valence electrons. The Morgan fingerprint density at radius 1 is 0.926 bits per heavy atom. The molecule has 1 aliphatic rings. The summed E-state index contributed by atoms with van der Waals surface area (Å²) in [6, 6.07) is -0.755. The first kappa shape index (κ1) is 24.1. The lowest BCUT2D eigenvalue weighted by Gasteiger charge is -2.35. The Hall–Kier alpha value is -0.900. The molecule has 4 heteroatoms. The molecule has 4 nitrogen and oxygen atoms in total. The molecule has 0 bridgehead atoms. The highest BCUT2D eigenvalue weighted by atomic mass is 16.4. The minimum absolute atomic E-state index is 0.245. The summed E-state index contributed by atoms with van der Waals surface area (Å²) in [5.41, 5.74) is 5.52. The van der Waals surface area contributed by atoms with Gasteiger partial charge in [0.05, 0.1) is 0 Å². The lowest BCUT2D eigenvalue weighted by atomic mass is 9.68. The van der Waals surface area contributed by atoms with Gasteiger partial charge in [0.25, 0.3) is 0 Å². The van der Waals surface area contributed by atoms with Crippen LogP contribution in [0.5, 0.6) is 0 Å². The van der Waals surface area contributed by atoms with Crippen LogP contribution < -0.4 is 5.73 Å². The van der Waals surface area contributed by atoms with Crippen LogP contribution in [0.1, 0.15) is 116 Å². The van der Waals surface area contributed by atoms with Crippen molar-refractivity contribution in [2.75, 3.05) is 0 Å². The number of carbonyl (C=O) groups excluding carboxylic acids is 1. The number of carboxylic acids is 1. The third-order valence-corrected chi connectivity index (χ3v) is 6.22. The normalized spacial score (nSPS) is 20.4. The van der Waals surface area contributed by atoms with E-state index >= 15 is 0 Å². The van der Waals surface area contributed by atoms with E-state index in [0.29, 0.717) is 18.1 Å². The van der Waals surface area contributed by atoms with Gasteiger partial charge in [0, 0.05) is 12.3 Å². The summed E-state index contributed by atoms with van der Waals surface area (Å²) < 4.78 is 0. The number of Topliss-reactive ketones (excluding diaryl/α,β-unsaturated/α-hetero) is 1. The maximum atomic E-state index is 11.9. The van der Waals surface area contributed by atoms with Crippen molar-refractivity contribution in [2.24, 2.45) is 17.6 Å². The van der Waals surface area contributed by atoms with E-state index in [2.05, 4.69) is 6.92 Å². The fourth-order valence-corrected chi connectivity index (χ4v) is 4.28. The molecule has 0 saturated heterocycles. The average Bonchev–Trinajstić information content (AvgIpc) is 2.64. The quantitative estimate of drug-likeness (QED) is 0.291. The SMILES string of the molecule is CCCCCCCCCCCCCC1CC(=O)C1CCCCC(N)C(=O)O. The van der Waals surface area contributed by atoms with Crippen molar-refractivity contribution in [3.05, 3.63) is 0 Å². The summed E-state index contributed by atoms with van der Waals surface area (Å²) >= 11 is 0. The fraction of sp³-hybridized carbons (Fsp3) is 0.913. The molecule has 1 rings (SSSR count). The summed E-state index contributed by atoms with van der Waals surface area (Å²) in [6.45, 7) is 2.26. The van der Waals surface area contributed by atoms with Crippen LogP contribution >= 0.6 is 0 Å². The van der Waals surface area contributed by atoms with Gasteiger partial charge in [0.1, 0.15) is 11.8 Å². The van der Waals surface area contributed by atoms with Crippen LogP contribution in [-0.4, -0.2) is 22.9 Å². The molecule has 3 N–H and O–H groups in total. The molecule has 0 spiro atoms. The number of nitrogens with two attached hydrogens (primary N) is 1. The van der Waals surface area contributed by atoms with Gasteiger partial charge in [-0.25, -0.2) is 0 Å². The molecule has 0 radical (unpaired) electrons. The number of unbranched alkanes of at least 4 members (excludes halogenated alkanes) is 11. The summed E-state index contributed by atoms with van der Waals surface area (Å²) in [5, 5.41) is 8.79. The van der Waals surface area contributed by atoms with Crippen molar-refractivity contribution < 1.29 is 14.7 Å². The number of carboxylic acid groups (broad SMARTS) is 1. The zero-order chi connectivity index (χ0) is 19.9. The number of ketones is 1. The zero-order valence-electron chi connectivity index (χ0n) is 17.6. The van der Waals surface area contributed by atoms with E-state index in [1.807, 2.05) is 0 Å². The second-order valence-corrected chi connectivity index (χ2v) is 8.59. The second-order valence-electron chi connectivity index (χ2n) is 8.59. The van der Waals surface area contributed by atoms with E-state index in [0.717, 1.165) is 25.7 Å². The van der Waals surface area contributed by atoms with Crippen molar-refractivity contribution in [3.63, 3.8) is 0 Å². The molecular formula is C23H43NO3. The van der Waals surface area contributed by atoms with Gasteiger partial charge >= 0.3 is 5.97 Å². The van der Waals surface area contributed by atoms with Crippen LogP contribution in [0.3, 0.4) is 0 Å². The van der Waals surface area contributed by atoms with Gasteiger partial charge in [-0.3, -0.25) is 9.59 Å². The first-order chi connectivity index (χ1) is 13.1. The Kier molecular flexibility index (Phi) is 13.5. The Balaban J connectivity index is 1.94. The maximum absolute atomic E-state index is 11.9. The highest BCUT2D eigenvalue weighted by Crippen LogP contribution is 2.38. The molecule has 0 aliphatic heterocycles. The first-order valence-electron chi connectivity index (χ1n) is 11.6. The van der Waals surface area contributed by atoms with Crippen molar-refractivity contribution >= 4 is 11.8 Å². The predicted molar refractivity (Wildman–Crippen MR) is 112 cm³/mol. The zero-order valence-corrected chi connectivity index (χ0v) is 17.6. The van der Waals surface area contributed by atoms with Gasteiger partial charge in [0.15, 0.2) is 0 Å². The number of hydrogen-bond donors (Lipinski definition) is 2. The summed E-state index contributed by atoms with van der Waals surface area (Å²) in [7, 11) is 0. The van der Waals surface area contributed by atoms with Gasteiger partial charge in [-0.05, 0) is 25.2 Å². The average molecular weight is 382 g/mol. The topological polar surface area (TPSA) is 80.4 Å². The van der Waals surface area contributed by atoms with Gasteiger partial charge in [-0.1, -0.05) is 90.4 Å². The van der Waals surface area contributed by atoms with E-state index < -0.39 is 12.0 Å². The molecule has 3 atom stereocenters. The van der Waals surface area contributed by atoms with Gasteiger partial charge in [-0.15, -0.1) is 0 Å². The fourth-order valence-electron chi connectivity index (χ4n) is 4.28. The van der Waals surface area contributed by atoms with Crippen LogP contribution in [0, 0.1) is 11.8 Å². The molecule has 0 aromatic carbocycles. The van der Waals surface area contributed by atoms with Crippen LogP contribution in [0.4, 0.5) is 0 Å². The molecule has 0 aromatic heterocycles. The third-order valence-electron chi connectivity index (χ3n) is 6.22. The van der Waals surface area contributed by atoms with Gasteiger partial charge < -0.3 is 10.8 Å². The van der Waals surface area contributed by atoms with Gasteiger partial charge in [0.2, 0.25) is 0 Å². The lowest BCUT2D eigenvalue weighted by Crippen LogP contribution is -2.37. The summed E-state index contributed by atoms with van der Waals surface area (Å²) in [4.78, 5) is 22.6. The molecule has 1 saturated carbocycles. The Morgan fingerprint density at radius 3 is 1.96 bits per heavy atom. The van der Waals surface area contributed by atoms with E-state index in [1.165, 1.54) is 77.0 Å². The summed E-state index contributed by atoms with van der Waals surface area (Å²) in [5.74, 6) is 0.327. The molecule has 0 amide bonds. The number of hydrogen-bond acceptors (Lipinski definition) is 3. The van der Waals surface area contributed by atoms with Crippen LogP contribution in [0.25, 0.3) is 0 Å². The van der Waals surface area contributed by atoms with Crippen molar-refractivity contribution in [3.8, 4) is 0 Å². The molecule has 0 aromatic rings.